The van der Waals surface area contributed by atoms with Gasteiger partial charge in [-0.1, -0.05) is 37.3 Å². The Labute approximate surface area is 126 Å². The minimum Gasteiger partial charge on any atom is -0.381 e. The van der Waals surface area contributed by atoms with Gasteiger partial charge in [-0.2, -0.15) is 0 Å². The van der Waals surface area contributed by atoms with Gasteiger partial charge in [-0.25, -0.2) is 0 Å². The van der Waals surface area contributed by atoms with E-state index in [4.69, 9.17) is 0 Å². The van der Waals surface area contributed by atoms with Crippen molar-refractivity contribution in [2.24, 2.45) is 0 Å². The molecule has 2 N–H and O–H groups in total. The van der Waals surface area contributed by atoms with Crippen LogP contribution in [0, 0.1) is 6.92 Å². The van der Waals surface area contributed by atoms with E-state index in [0.29, 0.717) is 5.56 Å². The lowest BCUT2D eigenvalue weighted by molar-refractivity contribution is 0.0963. The number of rotatable bonds is 5. The van der Waals surface area contributed by atoms with Crippen LogP contribution >= 0.6 is 0 Å². The summed E-state index contributed by atoms with van der Waals surface area (Å²) in [5.74, 6) is -0.0630. The molecule has 0 fully saturated rings. The lowest BCUT2D eigenvalue weighted by Gasteiger charge is -2.13. The summed E-state index contributed by atoms with van der Waals surface area (Å²) in [5, 5.41) is 6.10. The zero-order chi connectivity index (χ0) is 15.2. The molecule has 110 valence electrons. The van der Waals surface area contributed by atoms with Gasteiger partial charge in [-0.05, 0) is 42.2 Å². The fourth-order valence-electron chi connectivity index (χ4n) is 2.36. The smallest absolute Gasteiger partial charge is 0.251 e. The second kappa shape index (κ2) is 6.93. The van der Waals surface area contributed by atoms with Crippen molar-refractivity contribution in [3.8, 4) is 0 Å². The van der Waals surface area contributed by atoms with E-state index in [9.17, 15) is 4.79 Å². The van der Waals surface area contributed by atoms with Gasteiger partial charge in [0.05, 0.1) is 0 Å². The van der Waals surface area contributed by atoms with Crippen LogP contribution in [0.2, 0.25) is 0 Å². The number of aryl methyl sites for hydroxylation is 2. The fraction of sp³-hybridized carbons (Fsp3) is 0.278. The average Bonchev–Trinajstić information content (AvgIpc) is 2.53. The Morgan fingerprint density at radius 2 is 1.81 bits per heavy atom. The van der Waals surface area contributed by atoms with Crippen LogP contribution in [0.5, 0.6) is 0 Å². The topological polar surface area (TPSA) is 41.1 Å². The summed E-state index contributed by atoms with van der Waals surface area (Å²) in [6, 6.07) is 14.2. The maximum absolute atomic E-state index is 11.7. The van der Waals surface area contributed by atoms with Crippen molar-refractivity contribution in [3.05, 3.63) is 64.7 Å². The van der Waals surface area contributed by atoms with Crippen LogP contribution in [0.3, 0.4) is 0 Å². The summed E-state index contributed by atoms with van der Waals surface area (Å²) in [6.07, 6.45) is 1.02. The van der Waals surface area contributed by atoms with E-state index in [2.05, 4.69) is 41.8 Å². The molecule has 2 aromatic carbocycles. The molecule has 1 amide bonds. The molecular formula is C18H22N2O. The van der Waals surface area contributed by atoms with E-state index >= 15 is 0 Å². The largest absolute Gasteiger partial charge is 0.381 e. The summed E-state index contributed by atoms with van der Waals surface area (Å²) in [7, 11) is 1.65. The molecule has 21 heavy (non-hydrogen) atoms. The third kappa shape index (κ3) is 3.63. The summed E-state index contributed by atoms with van der Waals surface area (Å²) in [5.41, 5.74) is 5.46. The number of amides is 1. The summed E-state index contributed by atoms with van der Waals surface area (Å²) in [6.45, 7) is 4.97. The Hall–Kier alpha value is -2.29. The predicted octanol–water partition coefficient (Wildman–Crippen LogP) is 3.53. The highest BCUT2D eigenvalue weighted by molar-refractivity contribution is 5.95. The van der Waals surface area contributed by atoms with E-state index in [1.54, 1.807) is 7.05 Å². The molecule has 0 aliphatic rings. The molecule has 3 heteroatoms. The monoisotopic (exact) mass is 282 g/mol. The Bertz CT molecular complexity index is 635. The maximum atomic E-state index is 11.7. The number of carbonyl (C=O) groups is 1. The second-order valence-electron chi connectivity index (χ2n) is 5.08. The molecule has 0 bridgehead atoms. The Morgan fingerprint density at radius 1 is 1.10 bits per heavy atom. The van der Waals surface area contributed by atoms with E-state index in [-0.39, 0.29) is 5.91 Å². The van der Waals surface area contributed by atoms with Crippen LogP contribution in [-0.4, -0.2) is 13.0 Å². The molecule has 0 aromatic heterocycles. The Morgan fingerprint density at radius 3 is 2.48 bits per heavy atom. The quantitative estimate of drug-likeness (QED) is 0.881. The molecule has 2 rings (SSSR count). The molecule has 0 aliphatic carbocycles. The van der Waals surface area contributed by atoms with Crippen LogP contribution in [0.15, 0.2) is 42.5 Å². The lowest BCUT2D eigenvalue weighted by Crippen LogP contribution is -2.18. The van der Waals surface area contributed by atoms with Crippen molar-refractivity contribution in [1.82, 2.24) is 5.32 Å². The van der Waals surface area contributed by atoms with Gasteiger partial charge >= 0.3 is 0 Å². The van der Waals surface area contributed by atoms with Gasteiger partial charge < -0.3 is 10.6 Å². The number of hydrogen-bond acceptors (Lipinski definition) is 2. The SMILES string of the molecule is CCc1ccccc1CNc1cc(C(=O)NC)ccc1C. The summed E-state index contributed by atoms with van der Waals surface area (Å²) < 4.78 is 0. The van der Waals surface area contributed by atoms with Gasteiger partial charge in [0.15, 0.2) is 0 Å². The molecule has 0 spiro atoms. The zero-order valence-corrected chi connectivity index (χ0v) is 12.9. The molecule has 0 radical (unpaired) electrons. The van der Waals surface area contributed by atoms with Crippen LogP contribution in [0.1, 0.15) is 34.0 Å². The average molecular weight is 282 g/mol. The van der Waals surface area contributed by atoms with E-state index in [1.807, 2.05) is 25.1 Å². The van der Waals surface area contributed by atoms with Gasteiger partial charge in [0.25, 0.3) is 5.91 Å². The minimum absolute atomic E-state index is 0.0630. The van der Waals surface area contributed by atoms with E-state index < -0.39 is 0 Å². The number of hydrogen-bond donors (Lipinski definition) is 2. The lowest BCUT2D eigenvalue weighted by atomic mass is 10.0. The fourth-order valence-corrected chi connectivity index (χ4v) is 2.36. The third-order valence-corrected chi connectivity index (χ3v) is 3.70. The van der Waals surface area contributed by atoms with Crippen molar-refractivity contribution >= 4 is 11.6 Å². The van der Waals surface area contributed by atoms with Crippen LogP contribution in [0.4, 0.5) is 5.69 Å². The van der Waals surface area contributed by atoms with E-state index in [0.717, 1.165) is 24.2 Å². The predicted molar refractivity (Wildman–Crippen MR) is 87.7 cm³/mol. The molecule has 0 saturated carbocycles. The van der Waals surface area contributed by atoms with Gasteiger partial charge in [0, 0.05) is 24.8 Å². The Kier molecular flexibility index (Phi) is 4.99. The molecule has 0 aliphatic heterocycles. The first-order valence-corrected chi connectivity index (χ1v) is 7.29. The van der Waals surface area contributed by atoms with Gasteiger partial charge in [-0.15, -0.1) is 0 Å². The first-order valence-electron chi connectivity index (χ1n) is 7.29. The number of benzene rings is 2. The first kappa shape index (κ1) is 15.1. The van der Waals surface area contributed by atoms with Crippen molar-refractivity contribution < 1.29 is 4.79 Å². The molecule has 0 unspecified atom stereocenters. The minimum atomic E-state index is -0.0630. The highest BCUT2D eigenvalue weighted by Crippen LogP contribution is 2.19. The molecular weight excluding hydrogens is 260 g/mol. The summed E-state index contributed by atoms with van der Waals surface area (Å²) in [4.78, 5) is 11.7. The standard InChI is InChI=1S/C18H22N2O/c1-4-14-7-5-6-8-16(14)12-20-17-11-15(18(21)19-3)10-9-13(17)2/h5-11,20H,4,12H2,1-3H3,(H,19,21). The maximum Gasteiger partial charge on any atom is 0.251 e. The molecule has 3 nitrogen and oxygen atoms in total. The highest BCUT2D eigenvalue weighted by Gasteiger charge is 2.07. The molecule has 0 atom stereocenters. The van der Waals surface area contributed by atoms with E-state index in [1.165, 1.54) is 11.1 Å². The molecule has 2 aromatic rings. The normalized spacial score (nSPS) is 10.2. The van der Waals surface area contributed by atoms with Crippen LogP contribution in [-0.2, 0) is 13.0 Å². The van der Waals surface area contributed by atoms with Gasteiger partial charge in [-0.3, -0.25) is 4.79 Å². The van der Waals surface area contributed by atoms with Gasteiger partial charge in [0.2, 0.25) is 0 Å². The highest BCUT2D eigenvalue weighted by atomic mass is 16.1. The Balaban J connectivity index is 2.17. The number of carbonyl (C=O) groups excluding carboxylic acids is 1. The van der Waals surface area contributed by atoms with Crippen LogP contribution < -0.4 is 10.6 Å². The van der Waals surface area contributed by atoms with Crippen molar-refractivity contribution in [3.63, 3.8) is 0 Å². The second-order valence-corrected chi connectivity index (χ2v) is 5.08. The third-order valence-electron chi connectivity index (χ3n) is 3.70. The van der Waals surface area contributed by atoms with Gasteiger partial charge in [0.1, 0.15) is 0 Å². The first-order chi connectivity index (χ1) is 10.2. The molecule has 0 saturated heterocycles. The van der Waals surface area contributed by atoms with Crippen molar-refractivity contribution in [1.29, 1.82) is 0 Å². The number of nitrogens with one attached hydrogen (secondary N) is 2. The van der Waals surface area contributed by atoms with Crippen LogP contribution in [0.25, 0.3) is 0 Å². The molecule has 0 heterocycles. The van der Waals surface area contributed by atoms with Crippen molar-refractivity contribution in [2.45, 2.75) is 26.8 Å². The zero-order valence-electron chi connectivity index (χ0n) is 12.9. The van der Waals surface area contributed by atoms with Crippen molar-refractivity contribution in [2.75, 3.05) is 12.4 Å². The summed E-state index contributed by atoms with van der Waals surface area (Å²) >= 11 is 0. The number of anilines is 1.